The third kappa shape index (κ3) is 3.42. The minimum Gasteiger partial charge on any atom is -0.305 e. The lowest BCUT2D eigenvalue weighted by Crippen LogP contribution is -2.25. The Morgan fingerprint density at radius 2 is 1.86 bits per heavy atom. The first-order valence-corrected chi connectivity index (χ1v) is 7.01. The first-order chi connectivity index (χ1) is 10.0. The summed E-state index contributed by atoms with van der Waals surface area (Å²) in [7, 11) is 0. The Hall–Kier alpha value is -1.88. The molecule has 1 aromatic heterocycles. The van der Waals surface area contributed by atoms with Gasteiger partial charge in [-0.1, -0.05) is 19.1 Å². The van der Waals surface area contributed by atoms with E-state index in [1.54, 1.807) is 31.5 Å². The van der Waals surface area contributed by atoms with Gasteiger partial charge >= 0.3 is 0 Å². The Balaban J connectivity index is 2.45. The van der Waals surface area contributed by atoms with E-state index in [-0.39, 0.29) is 5.56 Å². The average molecular weight is 291 g/mol. The van der Waals surface area contributed by atoms with E-state index in [9.17, 15) is 8.78 Å². The molecule has 3 nitrogen and oxygen atoms in total. The van der Waals surface area contributed by atoms with Crippen molar-refractivity contribution in [2.45, 2.75) is 33.2 Å². The third-order valence-corrected chi connectivity index (χ3v) is 3.31. The van der Waals surface area contributed by atoms with Crippen molar-refractivity contribution in [1.82, 2.24) is 15.3 Å². The van der Waals surface area contributed by atoms with Crippen LogP contribution < -0.4 is 5.32 Å². The SMILES string of the molecule is CCCNC(c1cnc(C)cn1)c1ccc(C)c(F)c1F. The summed E-state index contributed by atoms with van der Waals surface area (Å²) in [5.41, 5.74) is 1.91. The van der Waals surface area contributed by atoms with Crippen LogP contribution in [0.15, 0.2) is 24.5 Å². The highest BCUT2D eigenvalue weighted by Gasteiger charge is 2.22. The van der Waals surface area contributed by atoms with Gasteiger partial charge in [0, 0.05) is 11.8 Å². The van der Waals surface area contributed by atoms with Crippen LogP contribution in [0, 0.1) is 25.5 Å². The zero-order chi connectivity index (χ0) is 15.4. The molecular formula is C16H19F2N3. The van der Waals surface area contributed by atoms with Gasteiger partial charge in [0.1, 0.15) is 0 Å². The molecule has 0 aliphatic heterocycles. The number of aromatic nitrogens is 2. The zero-order valence-corrected chi connectivity index (χ0v) is 12.5. The monoisotopic (exact) mass is 291 g/mol. The van der Waals surface area contributed by atoms with E-state index < -0.39 is 17.7 Å². The van der Waals surface area contributed by atoms with Gasteiger partial charge in [-0.05, 0) is 32.4 Å². The zero-order valence-electron chi connectivity index (χ0n) is 12.5. The molecule has 1 N–H and O–H groups in total. The third-order valence-electron chi connectivity index (χ3n) is 3.31. The number of benzene rings is 1. The van der Waals surface area contributed by atoms with Crippen molar-refractivity contribution in [3.8, 4) is 0 Å². The number of hydrogen-bond donors (Lipinski definition) is 1. The lowest BCUT2D eigenvalue weighted by atomic mass is 10.0. The van der Waals surface area contributed by atoms with Gasteiger partial charge < -0.3 is 5.32 Å². The highest BCUT2D eigenvalue weighted by atomic mass is 19.2. The number of aryl methyl sites for hydroxylation is 2. The van der Waals surface area contributed by atoms with Gasteiger partial charge in [-0.25, -0.2) is 8.78 Å². The van der Waals surface area contributed by atoms with Crippen LogP contribution in [0.5, 0.6) is 0 Å². The fourth-order valence-electron chi connectivity index (χ4n) is 2.10. The predicted octanol–water partition coefficient (Wildman–Crippen LogP) is 3.46. The molecule has 0 spiro atoms. The van der Waals surface area contributed by atoms with Crippen molar-refractivity contribution >= 4 is 0 Å². The molecule has 5 heteroatoms. The molecule has 2 rings (SSSR count). The Labute approximate surface area is 123 Å². The largest absolute Gasteiger partial charge is 0.305 e. The number of nitrogens with one attached hydrogen (secondary N) is 1. The molecule has 0 saturated heterocycles. The average Bonchev–Trinajstić information content (AvgIpc) is 2.48. The van der Waals surface area contributed by atoms with Gasteiger partial charge in [-0.2, -0.15) is 0 Å². The quantitative estimate of drug-likeness (QED) is 0.916. The van der Waals surface area contributed by atoms with Gasteiger partial charge in [-0.3, -0.25) is 9.97 Å². The molecule has 21 heavy (non-hydrogen) atoms. The Morgan fingerprint density at radius 3 is 2.48 bits per heavy atom. The van der Waals surface area contributed by atoms with E-state index in [2.05, 4.69) is 15.3 Å². The molecule has 0 radical (unpaired) electrons. The number of nitrogens with zero attached hydrogens (tertiary/aromatic N) is 2. The van der Waals surface area contributed by atoms with Crippen LogP contribution >= 0.6 is 0 Å². The van der Waals surface area contributed by atoms with Crippen LogP contribution in [-0.4, -0.2) is 16.5 Å². The van der Waals surface area contributed by atoms with E-state index in [0.717, 1.165) is 12.1 Å². The van der Waals surface area contributed by atoms with Crippen molar-refractivity contribution in [2.75, 3.05) is 6.54 Å². The summed E-state index contributed by atoms with van der Waals surface area (Å²) < 4.78 is 28.1. The number of hydrogen-bond acceptors (Lipinski definition) is 3. The minimum atomic E-state index is -0.828. The summed E-state index contributed by atoms with van der Waals surface area (Å²) in [6, 6.07) is 2.67. The molecular weight excluding hydrogens is 272 g/mol. The molecule has 0 aliphatic rings. The second kappa shape index (κ2) is 6.72. The number of rotatable bonds is 5. The maximum atomic E-state index is 14.2. The van der Waals surface area contributed by atoms with Gasteiger partial charge in [-0.15, -0.1) is 0 Å². The van der Waals surface area contributed by atoms with Gasteiger partial charge in [0.25, 0.3) is 0 Å². The molecule has 1 atom stereocenters. The van der Waals surface area contributed by atoms with Crippen LogP contribution in [0.4, 0.5) is 8.78 Å². The summed E-state index contributed by atoms with van der Waals surface area (Å²) >= 11 is 0. The Kier molecular flexibility index (Phi) is 4.96. The molecule has 112 valence electrons. The highest BCUT2D eigenvalue weighted by molar-refractivity contribution is 5.32. The Morgan fingerprint density at radius 1 is 1.10 bits per heavy atom. The molecule has 0 aliphatic carbocycles. The van der Waals surface area contributed by atoms with Crippen molar-refractivity contribution in [1.29, 1.82) is 0 Å². The van der Waals surface area contributed by atoms with Crippen LogP contribution in [0.1, 0.15) is 41.9 Å². The molecule has 1 unspecified atom stereocenters. The van der Waals surface area contributed by atoms with Crippen LogP contribution in [-0.2, 0) is 0 Å². The topological polar surface area (TPSA) is 37.8 Å². The summed E-state index contributed by atoms with van der Waals surface area (Å²) in [6.07, 6.45) is 4.10. The summed E-state index contributed by atoms with van der Waals surface area (Å²) in [5, 5.41) is 3.20. The number of halogens is 2. The normalized spacial score (nSPS) is 12.4. The van der Waals surface area contributed by atoms with Crippen molar-refractivity contribution < 1.29 is 8.78 Å². The highest BCUT2D eigenvalue weighted by Crippen LogP contribution is 2.25. The maximum Gasteiger partial charge on any atom is 0.164 e. The summed E-state index contributed by atoms with van der Waals surface area (Å²) in [6.45, 7) is 6.06. The van der Waals surface area contributed by atoms with E-state index in [1.807, 2.05) is 13.8 Å². The van der Waals surface area contributed by atoms with E-state index in [4.69, 9.17) is 0 Å². The molecule has 1 aromatic carbocycles. The van der Waals surface area contributed by atoms with Crippen LogP contribution in [0.25, 0.3) is 0 Å². The lowest BCUT2D eigenvalue weighted by Gasteiger charge is -2.19. The first-order valence-electron chi connectivity index (χ1n) is 7.01. The van der Waals surface area contributed by atoms with Crippen LogP contribution in [0.2, 0.25) is 0 Å². The van der Waals surface area contributed by atoms with Crippen molar-refractivity contribution in [3.63, 3.8) is 0 Å². The second-order valence-electron chi connectivity index (χ2n) is 5.07. The molecule has 1 heterocycles. The van der Waals surface area contributed by atoms with E-state index in [0.29, 0.717) is 17.8 Å². The molecule has 0 bridgehead atoms. The van der Waals surface area contributed by atoms with Gasteiger partial charge in [0.2, 0.25) is 0 Å². The molecule has 0 fully saturated rings. The van der Waals surface area contributed by atoms with E-state index >= 15 is 0 Å². The van der Waals surface area contributed by atoms with Crippen LogP contribution in [0.3, 0.4) is 0 Å². The van der Waals surface area contributed by atoms with Gasteiger partial charge in [0.05, 0.1) is 23.6 Å². The fraction of sp³-hybridized carbons (Fsp3) is 0.375. The molecule has 2 aromatic rings. The van der Waals surface area contributed by atoms with Crippen molar-refractivity contribution in [3.05, 3.63) is 58.7 Å². The predicted molar refractivity (Wildman–Crippen MR) is 78.0 cm³/mol. The van der Waals surface area contributed by atoms with E-state index in [1.165, 1.54) is 0 Å². The van der Waals surface area contributed by atoms with Gasteiger partial charge in [0.15, 0.2) is 11.6 Å². The Bertz CT molecular complexity index is 612. The molecule has 0 saturated carbocycles. The lowest BCUT2D eigenvalue weighted by molar-refractivity contribution is 0.473. The smallest absolute Gasteiger partial charge is 0.164 e. The first kappa shape index (κ1) is 15.5. The molecule has 0 amide bonds. The fourth-order valence-corrected chi connectivity index (χ4v) is 2.10. The summed E-state index contributed by atoms with van der Waals surface area (Å²) in [4.78, 5) is 8.47. The van der Waals surface area contributed by atoms with Crippen molar-refractivity contribution in [2.24, 2.45) is 0 Å². The maximum absolute atomic E-state index is 14.2. The second-order valence-corrected chi connectivity index (χ2v) is 5.07. The minimum absolute atomic E-state index is 0.254. The standard InChI is InChI=1S/C16H19F2N3/c1-4-7-19-16(13-9-20-11(3)8-21-13)12-6-5-10(2)14(17)15(12)18/h5-6,8-9,16,19H,4,7H2,1-3H3. The summed E-state index contributed by atoms with van der Waals surface area (Å²) in [5.74, 6) is -1.64.